The lowest BCUT2D eigenvalue weighted by atomic mass is 10.0. The van der Waals surface area contributed by atoms with E-state index < -0.39 is 5.97 Å². The fourth-order valence-corrected chi connectivity index (χ4v) is 2.46. The summed E-state index contributed by atoms with van der Waals surface area (Å²) in [5, 5.41) is 8.95. The van der Waals surface area contributed by atoms with E-state index in [0.29, 0.717) is 18.9 Å². The molecule has 1 N–H and O–H groups in total. The molecule has 1 aliphatic heterocycles. The summed E-state index contributed by atoms with van der Waals surface area (Å²) in [6, 6.07) is -0.136. The molecule has 1 saturated heterocycles. The van der Waals surface area contributed by atoms with Gasteiger partial charge in [-0.3, -0.25) is 9.59 Å². The summed E-state index contributed by atoms with van der Waals surface area (Å²) in [5.74, 6) is -0.322. The standard InChI is InChI=1S/C11H17NO3/c1-6-5-9(6)10(13)12-4-3-8(7(12)2)11(14)15/h6-9H,3-5H2,1-2H3,(H,14,15). The van der Waals surface area contributed by atoms with Crippen molar-refractivity contribution in [3.63, 3.8) is 0 Å². The quantitative estimate of drug-likeness (QED) is 0.740. The minimum Gasteiger partial charge on any atom is -0.481 e. The summed E-state index contributed by atoms with van der Waals surface area (Å²) < 4.78 is 0. The van der Waals surface area contributed by atoms with Crippen LogP contribution in [0.15, 0.2) is 0 Å². The first kappa shape index (κ1) is 10.5. The fraction of sp³-hybridized carbons (Fsp3) is 0.818. The summed E-state index contributed by atoms with van der Waals surface area (Å²) in [6.07, 6.45) is 1.57. The third-order valence-electron chi connectivity index (χ3n) is 3.78. The number of rotatable bonds is 2. The zero-order chi connectivity index (χ0) is 11.2. The van der Waals surface area contributed by atoms with Gasteiger partial charge in [0.05, 0.1) is 5.92 Å². The van der Waals surface area contributed by atoms with E-state index in [1.54, 1.807) is 4.90 Å². The van der Waals surface area contributed by atoms with Crippen LogP contribution in [0.1, 0.15) is 26.7 Å². The van der Waals surface area contributed by atoms with Gasteiger partial charge in [0.1, 0.15) is 0 Å². The van der Waals surface area contributed by atoms with Crippen molar-refractivity contribution in [2.75, 3.05) is 6.54 Å². The fourth-order valence-electron chi connectivity index (χ4n) is 2.46. The largest absolute Gasteiger partial charge is 0.481 e. The van der Waals surface area contributed by atoms with Crippen molar-refractivity contribution in [1.29, 1.82) is 0 Å². The lowest BCUT2D eigenvalue weighted by Crippen LogP contribution is -2.38. The maximum atomic E-state index is 11.9. The highest BCUT2D eigenvalue weighted by Crippen LogP contribution is 2.41. The van der Waals surface area contributed by atoms with E-state index in [0.717, 1.165) is 6.42 Å². The van der Waals surface area contributed by atoms with Crippen molar-refractivity contribution in [2.24, 2.45) is 17.8 Å². The highest BCUT2D eigenvalue weighted by molar-refractivity contribution is 5.83. The molecule has 4 atom stereocenters. The number of carbonyl (C=O) groups excluding carboxylic acids is 1. The number of amides is 1. The Bertz CT molecular complexity index is 302. The van der Waals surface area contributed by atoms with Crippen LogP contribution in [0.2, 0.25) is 0 Å². The third-order valence-corrected chi connectivity index (χ3v) is 3.78. The molecule has 0 aromatic carbocycles. The third kappa shape index (κ3) is 1.73. The van der Waals surface area contributed by atoms with Gasteiger partial charge in [-0.2, -0.15) is 0 Å². The molecule has 1 aliphatic carbocycles. The number of carboxylic acids is 1. The number of nitrogens with zero attached hydrogens (tertiary/aromatic N) is 1. The Morgan fingerprint density at radius 3 is 2.27 bits per heavy atom. The molecule has 1 amide bonds. The van der Waals surface area contributed by atoms with E-state index in [-0.39, 0.29) is 23.8 Å². The molecule has 15 heavy (non-hydrogen) atoms. The first-order valence-corrected chi connectivity index (χ1v) is 5.55. The van der Waals surface area contributed by atoms with Crippen LogP contribution in [0.25, 0.3) is 0 Å². The zero-order valence-electron chi connectivity index (χ0n) is 9.14. The van der Waals surface area contributed by atoms with E-state index >= 15 is 0 Å². The van der Waals surface area contributed by atoms with Crippen molar-refractivity contribution >= 4 is 11.9 Å². The minimum atomic E-state index is -0.776. The molecule has 2 aliphatic rings. The van der Waals surface area contributed by atoms with Gasteiger partial charge in [0.2, 0.25) is 5.91 Å². The normalized spacial score (nSPS) is 39.2. The maximum absolute atomic E-state index is 11.9. The van der Waals surface area contributed by atoms with Crippen LogP contribution in [0.5, 0.6) is 0 Å². The van der Waals surface area contributed by atoms with E-state index in [2.05, 4.69) is 6.92 Å². The van der Waals surface area contributed by atoms with Crippen LogP contribution in [-0.2, 0) is 9.59 Å². The van der Waals surface area contributed by atoms with Gasteiger partial charge in [0, 0.05) is 18.5 Å². The highest BCUT2D eigenvalue weighted by atomic mass is 16.4. The molecule has 0 spiro atoms. The van der Waals surface area contributed by atoms with Crippen molar-refractivity contribution < 1.29 is 14.7 Å². The molecule has 2 fully saturated rings. The van der Waals surface area contributed by atoms with Gasteiger partial charge in [0.25, 0.3) is 0 Å². The topological polar surface area (TPSA) is 57.6 Å². The Morgan fingerprint density at radius 2 is 1.87 bits per heavy atom. The Labute approximate surface area is 89.3 Å². The molecule has 4 heteroatoms. The lowest BCUT2D eigenvalue weighted by Gasteiger charge is -2.23. The second-order valence-electron chi connectivity index (χ2n) is 4.83. The molecule has 0 radical (unpaired) electrons. The second kappa shape index (κ2) is 3.51. The molecule has 0 aromatic heterocycles. The highest BCUT2D eigenvalue weighted by Gasteiger charge is 2.46. The monoisotopic (exact) mass is 211 g/mol. The number of carboxylic acid groups (broad SMARTS) is 1. The van der Waals surface area contributed by atoms with Crippen LogP contribution in [0.3, 0.4) is 0 Å². The smallest absolute Gasteiger partial charge is 0.308 e. The van der Waals surface area contributed by atoms with Gasteiger partial charge >= 0.3 is 5.97 Å². The van der Waals surface area contributed by atoms with Gasteiger partial charge < -0.3 is 10.0 Å². The lowest BCUT2D eigenvalue weighted by molar-refractivity contribution is -0.143. The van der Waals surface area contributed by atoms with Crippen LogP contribution in [0.4, 0.5) is 0 Å². The summed E-state index contributed by atoms with van der Waals surface area (Å²) in [4.78, 5) is 24.6. The van der Waals surface area contributed by atoms with E-state index in [1.807, 2.05) is 6.92 Å². The molecular weight excluding hydrogens is 194 g/mol. The van der Waals surface area contributed by atoms with Gasteiger partial charge in [-0.05, 0) is 25.7 Å². The predicted octanol–water partition coefficient (Wildman–Crippen LogP) is 0.964. The molecule has 0 aromatic rings. The first-order chi connectivity index (χ1) is 7.02. The molecule has 0 bridgehead atoms. The van der Waals surface area contributed by atoms with Crippen LogP contribution in [0, 0.1) is 17.8 Å². The summed E-state index contributed by atoms with van der Waals surface area (Å²) >= 11 is 0. The minimum absolute atomic E-state index is 0.136. The maximum Gasteiger partial charge on any atom is 0.308 e. The van der Waals surface area contributed by atoms with E-state index in [9.17, 15) is 9.59 Å². The predicted molar refractivity (Wildman–Crippen MR) is 54.2 cm³/mol. The number of carbonyl (C=O) groups is 2. The average molecular weight is 211 g/mol. The summed E-state index contributed by atoms with van der Waals surface area (Å²) in [5.41, 5.74) is 0. The average Bonchev–Trinajstić information content (AvgIpc) is 2.74. The number of likely N-dealkylation sites (tertiary alicyclic amines) is 1. The number of hydrogen-bond donors (Lipinski definition) is 1. The van der Waals surface area contributed by atoms with Crippen LogP contribution in [-0.4, -0.2) is 34.5 Å². The molecule has 1 saturated carbocycles. The summed E-state index contributed by atoms with van der Waals surface area (Å²) in [7, 11) is 0. The van der Waals surface area contributed by atoms with Crippen molar-refractivity contribution in [3.8, 4) is 0 Å². The van der Waals surface area contributed by atoms with Crippen molar-refractivity contribution in [2.45, 2.75) is 32.7 Å². The first-order valence-electron chi connectivity index (χ1n) is 5.55. The number of aliphatic carboxylic acids is 1. The Morgan fingerprint density at radius 1 is 1.27 bits per heavy atom. The summed E-state index contributed by atoms with van der Waals surface area (Å²) in [6.45, 7) is 4.52. The van der Waals surface area contributed by atoms with Crippen molar-refractivity contribution in [3.05, 3.63) is 0 Å². The van der Waals surface area contributed by atoms with Gasteiger partial charge in [-0.1, -0.05) is 6.92 Å². The zero-order valence-corrected chi connectivity index (χ0v) is 9.14. The van der Waals surface area contributed by atoms with E-state index in [4.69, 9.17) is 5.11 Å². The Balaban J connectivity index is 2.00. The van der Waals surface area contributed by atoms with Crippen molar-refractivity contribution in [1.82, 2.24) is 4.90 Å². The second-order valence-corrected chi connectivity index (χ2v) is 4.83. The Kier molecular flexibility index (Phi) is 2.44. The molecule has 4 nitrogen and oxygen atoms in total. The Hall–Kier alpha value is -1.06. The molecule has 1 heterocycles. The van der Waals surface area contributed by atoms with Crippen LogP contribution < -0.4 is 0 Å². The van der Waals surface area contributed by atoms with E-state index in [1.165, 1.54) is 0 Å². The number of hydrogen-bond acceptors (Lipinski definition) is 2. The SMILES string of the molecule is CC1CC1C(=O)N1CCC(C(=O)O)C1C. The molecule has 4 unspecified atom stereocenters. The van der Waals surface area contributed by atoms with Gasteiger partial charge in [-0.15, -0.1) is 0 Å². The van der Waals surface area contributed by atoms with Gasteiger partial charge in [-0.25, -0.2) is 0 Å². The molecular formula is C11H17NO3. The van der Waals surface area contributed by atoms with Crippen LogP contribution >= 0.6 is 0 Å². The molecule has 84 valence electrons. The van der Waals surface area contributed by atoms with Gasteiger partial charge in [0.15, 0.2) is 0 Å². The molecule has 2 rings (SSSR count).